The molecule has 5 nitrogen and oxygen atoms in total. The highest BCUT2D eigenvalue weighted by Crippen LogP contribution is 2.40. The van der Waals surface area contributed by atoms with Crippen LogP contribution in [-0.4, -0.2) is 59.0 Å². The van der Waals surface area contributed by atoms with E-state index in [0.29, 0.717) is 12.5 Å². The molecule has 0 radical (unpaired) electrons. The van der Waals surface area contributed by atoms with Gasteiger partial charge in [-0.3, -0.25) is 14.5 Å². The normalized spacial score (nSPS) is 36.0. The van der Waals surface area contributed by atoms with E-state index in [1.165, 1.54) is 12.8 Å². The molecule has 1 saturated carbocycles. The number of likely N-dealkylation sites (tertiary alicyclic amines) is 2. The largest absolute Gasteiger partial charge is 0.481 e. The number of amides is 1. The number of hydrogen-bond acceptors (Lipinski definition) is 3. The second-order valence-corrected chi connectivity index (χ2v) is 5.76. The maximum absolute atomic E-state index is 12.1. The fraction of sp³-hybridized carbons (Fsp3) is 0.846. The minimum absolute atomic E-state index is 0.0732. The minimum atomic E-state index is -0.816. The molecule has 0 aromatic carbocycles. The summed E-state index contributed by atoms with van der Waals surface area (Å²) in [6.45, 7) is 3.94. The highest BCUT2D eigenvalue weighted by atomic mass is 16.4. The predicted octanol–water partition coefficient (Wildman–Crippen LogP) is 0.404. The molecular formula is C13H20N2O3. The van der Waals surface area contributed by atoms with Crippen molar-refractivity contribution in [1.82, 2.24) is 9.80 Å². The third-order valence-electron chi connectivity index (χ3n) is 4.56. The van der Waals surface area contributed by atoms with Gasteiger partial charge in [-0.05, 0) is 38.8 Å². The average Bonchev–Trinajstić information content (AvgIpc) is 2.79. The third-order valence-corrected chi connectivity index (χ3v) is 4.56. The zero-order valence-electron chi connectivity index (χ0n) is 10.5. The van der Waals surface area contributed by atoms with Crippen LogP contribution < -0.4 is 0 Å². The Balaban J connectivity index is 1.53. The van der Waals surface area contributed by atoms with Crippen molar-refractivity contribution in [2.45, 2.75) is 31.7 Å². The van der Waals surface area contributed by atoms with Gasteiger partial charge in [0.05, 0.1) is 11.8 Å². The monoisotopic (exact) mass is 252 g/mol. The first kappa shape index (κ1) is 12.0. The van der Waals surface area contributed by atoms with E-state index in [1.54, 1.807) is 0 Å². The molecule has 1 amide bonds. The quantitative estimate of drug-likeness (QED) is 0.790. The van der Waals surface area contributed by atoms with E-state index in [4.69, 9.17) is 5.11 Å². The summed E-state index contributed by atoms with van der Waals surface area (Å²) in [6.07, 6.45) is 4.14. The Morgan fingerprint density at radius 3 is 2.39 bits per heavy atom. The van der Waals surface area contributed by atoms with Crippen LogP contribution in [0, 0.1) is 11.8 Å². The van der Waals surface area contributed by atoms with E-state index >= 15 is 0 Å². The zero-order chi connectivity index (χ0) is 12.7. The van der Waals surface area contributed by atoms with Gasteiger partial charge in [0.1, 0.15) is 0 Å². The van der Waals surface area contributed by atoms with Crippen LogP contribution >= 0.6 is 0 Å². The van der Waals surface area contributed by atoms with Crippen molar-refractivity contribution in [2.24, 2.45) is 11.8 Å². The van der Waals surface area contributed by atoms with Crippen molar-refractivity contribution in [1.29, 1.82) is 0 Å². The van der Waals surface area contributed by atoms with Crippen LogP contribution in [0.15, 0.2) is 0 Å². The van der Waals surface area contributed by atoms with Crippen LogP contribution in [0.5, 0.6) is 0 Å². The Morgan fingerprint density at radius 2 is 1.78 bits per heavy atom. The SMILES string of the molecule is O=C(O)C1CC1C(=O)N1CCC(N2CCCC2)C1. The molecule has 0 aromatic rings. The molecule has 3 rings (SSSR count). The summed E-state index contributed by atoms with van der Waals surface area (Å²) in [7, 11) is 0. The predicted molar refractivity (Wildman–Crippen MR) is 65.0 cm³/mol. The molecule has 3 atom stereocenters. The van der Waals surface area contributed by atoms with Gasteiger partial charge in [0.2, 0.25) is 5.91 Å². The number of rotatable bonds is 3. The molecule has 2 aliphatic heterocycles. The number of aliphatic carboxylic acids is 1. The lowest BCUT2D eigenvalue weighted by molar-refractivity contribution is -0.141. The Kier molecular flexibility index (Phi) is 3.01. The van der Waals surface area contributed by atoms with Gasteiger partial charge in [-0.1, -0.05) is 0 Å². The van der Waals surface area contributed by atoms with E-state index in [-0.39, 0.29) is 11.8 Å². The lowest BCUT2D eigenvalue weighted by Crippen LogP contribution is -2.37. The number of carbonyl (C=O) groups excluding carboxylic acids is 1. The number of hydrogen-bond donors (Lipinski definition) is 1. The molecule has 100 valence electrons. The Bertz CT molecular complexity index is 365. The zero-order valence-corrected chi connectivity index (χ0v) is 10.5. The molecule has 1 N–H and O–H groups in total. The molecule has 3 fully saturated rings. The first-order valence-electron chi connectivity index (χ1n) is 6.92. The average molecular weight is 252 g/mol. The first-order chi connectivity index (χ1) is 8.66. The van der Waals surface area contributed by atoms with Gasteiger partial charge < -0.3 is 10.0 Å². The lowest BCUT2D eigenvalue weighted by atomic mass is 10.2. The summed E-state index contributed by atoms with van der Waals surface area (Å²) in [6, 6.07) is 0.512. The summed E-state index contributed by atoms with van der Waals surface area (Å²) in [5.74, 6) is -1.39. The van der Waals surface area contributed by atoms with Crippen LogP contribution in [0.2, 0.25) is 0 Å². The Labute approximate surface area is 107 Å². The molecule has 3 aliphatic rings. The van der Waals surface area contributed by atoms with Crippen LogP contribution in [0.25, 0.3) is 0 Å². The second kappa shape index (κ2) is 4.53. The third kappa shape index (κ3) is 2.11. The highest BCUT2D eigenvalue weighted by Gasteiger charge is 2.50. The van der Waals surface area contributed by atoms with Crippen LogP contribution in [-0.2, 0) is 9.59 Å². The van der Waals surface area contributed by atoms with Gasteiger partial charge in [-0.25, -0.2) is 0 Å². The molecule has 5 heteroatoms. The topological polar surface area (TPSA) is 60.9 Å². The van der Waals surface area contributed by atoms with E-state index < -0.39 is 11.9 Å². The molecule has 2 saturated heterocycles. The van der Waals surface area contributed by atoms with Gasteiger partial charge in [0.25, 0.3) is 0 Å². The van der Waals surface area contributed by atoms with Crippen LogP contribution in [0.1, 0.15) is 25.7 Å². The molecule has 0 spiro atoms. The lowest BCUT2D eigenvalue weighted by Gasteiger charge is -2.23. The summed E-state index contributed by atoms with van der Waals surface area (Å²) < 4.78 is 0. The standard InChI is InChI=1S/C13H20N2O3/c16-12(10-7-11(10)13(17)18)15-6-3-9(8-15)14-4-1-2-5-14/h9-11H,1-8H2,(H,17,18). The van der Waals surface area contributed by atoms with Gasteiger partial charge in [0.15, 0.2) is 0 Å². The highest BCUT2D eigenvalue weighted by molar-refractivity contribution is 5.89. The summed E-state index contributed by atoms with van der Waals surface area (Å²) >= 11 is 0. The van der Waals surface area contributed by atoms with E-state index in [1.807, 2.05) is 4.90 Å². The molecule has 1 aliphatic carbocycles. The molecule has 3 unspecified atom stereocenters. The van der Waals surface area contributed by atoms with Crippen molar-refractivity contribution in [3.63, 3.8) is 0 Å². The van der Waals surface area contributed by atoms with E-state index in [2.05, 4.69) is 4.90 Å². The number of carbonyl (C=O) groups is 2. The van der Waals surface area contributed by atoms with Crippen LogP contribution in [0.4, 0.5) is 0 Å². The molecule has 0 aromatic heterocycles. The van der Waals surface area contributed by atoms with Gasteiger partial charge in [-0.15, -0.1) is 0 Å². The maximum atomic E-state index is 12.1. The smallest absolute Gasteiger partial charge is 0.307 e. The van der Waals surface area contributed by atoms with Crippen LogP contribution in [0.3, 0.4) is 0 Å². The van der Waals surface area contributed by atoms with Gasteiger partial charge >= 0.3 is 5.97 Å². The first-order valence-corrected chi connectivity index (χ1v) is 6.92. The van der Waals surface area contributed by atoms with Gasteiger partial charge in [0, 0.05) is 19.1 Å². The summed E-state index contributed by atoms with van der Waals surface area (Å²) in [4.78, 5) is 27.3. The number of carboxylic acid groups (broad SMARTS) is 1. The number of carboxylic acids is 1. The van der Waals surface area contributed by atoms with Gasteiger partial charge in [-0.2, -0.15) is 0 Å². The fourth-order valence-corrected chi connectivity index (χ4v) is 3.32. The van der Waals surface area contributed by atoms with Crippen molar-refractivity contribution in [3.05, 3.63) is 0 Å². The van der Waals surface area contributed by atoms with Crippen molar-refractivity contribution in [3.8, 4) is 0 Å². The van der Waals surface area contributed by atoms with Crippen molar-refractivity contribution >= 4 is 11.9 Å². The van der Waals surface area contributed by atoms with Crippen molar-refractivity contribution < 1.29 is 14.7 Å². The molecular weight excluding hydrogens is 232 g/mol. The van der Waals surface area contributed by atoms with E-state index in [9.17, 15) is 9.59 Å². The Morgan fingerprint density at radius 1 is 1.06 bits per heavy atom. The minimum Gasteiger partial charge on any atom is -0.481 e. The fourth-order valence-electron chi connectivity index (χ4n) is 3.32. The maximum Gasteiger partial charge on any atom is 0.307 e. The second-order valence-electron chi connectivity index (χ2n) is 5.76. The molecule has 0 bridgehead atoms. The number of nitrogens with zero attached hydrogens (tertiary/aromatic N) is 2. The molecule has 18 heavy (non-hydrogen) atoms. The van der Waals surface area contributed by atoms with E-state index in [0.717, 1.165) is 32.6 Å². The van der Waals surface area contributed by atoms with Crippen molar-refractivity contribution in [2.75, 3.05) is 26.2 Å². The Hall–Kier alpha value is -1.10. The summed E-state index contributed by atoms with van der Waals surface area (Å²) in [5, 5.41) is 8.86. The molecule has 2 heterocycles. The summed E-state index contributed by atoms with van der Waals surface area (Å²) in [5.41, 5.74) is 0.